The van der Waals surface area contributed by atoms with Gasteiger partial charge in [0.05, 0.1) is 5.56 Å². The molecule has 0 bridgehead atoms. The first-order chi connectivity index (χ1) is 12.8. The number of likely N-dealkylation sites (tertiary alicyclic amines) is 1. The quantitative estimate of drug-likeness (QED) is 0.692. The highest BCUT2D eigenvalue weighted by molar-refractivity contribution is 5.62. The van der Waals surface area contributed by atoms with Gasteiger partial charge in [-0.1, -0.05) is 56.0 Å². The zero-order chi connectivity index (χ0) is 20.1. The summed E-state index contributed by atoms with van der Waals surface area (Å²) in [6.45, 7) is 5.27. The lowest BCUT2D eigenvalue weighted by molar-refractivity contribution is -0.137. The van der Waals surface area contributed by atoms with Crippen molar-refractivity contribution in [2.24, 2.45) is 5.92 Å². The Labute approximate surface area is 160 Å². The molecule has 27 heavy (non-hydrogen) atoms. The van der Waals surface area contributed by atoms with E-state index in [2.05, 4.69) is 4.90 Å². The van der Waals surface area contributed by atoms with Crippen LogP contribution >= 0.6 is 0 Å². The summed E-state index contributed by atoms with van der Waals surface area (Å²) in [5, 5.41) is 7.42. The van der Waals surface area contributed by atoms with E-state index >= 15 is 0 Å². The minimum atomic E-state index is -4.21. The summed E-state index contributed by atoms with van der Waals surface area (Å²) in [4.78, 5) is 11.7. The van der Waals surface area contributed by atoms with Gasteiger partial charge < -0.3 is 10.0 Å². The van der Waals surface area contributed by atoms with Crippen molar-refractivity contribution in [3.8, 4) is 0 Å². The van der Waals surface area contributed by atoms with E-state index in [1.54, 1.807) is 6.07 Å². The fourth-order valence-corrected chi connectivity index (χ4v) is 3.50. The zero-order valence-corrected chi connectivity index (χ0v) is 16.2. The molecule has 1 aromatic carbocycles. The van der Waals surface area contributed by atoms with Gasteiger partial charge in [-0.25, -0.2) is 0 Å². The Bertz CT molecular complexity index is 488. The number of nitrogens with zero attached hydrogens (tertiary/aromatic N) is 1. The third-order valence-electron chi connectivity index (χ3n) is 4.79. The highest BCUT2D eigenvalue weighted by Gasteiger charge is 2.29. The molecule has 0 radical (unpaired) electrons. The van der Waals surface area contributed by atoms with Crippen molar-refractivity contribution in [3.05, 3.63) is 35.9 Å². The van der Waals surface area contributed by atoms with Gasteiger partial charge >= 0.3 is 6.18 Å². The second-order valence-electron chi connectivity index (χ2n) is 7.25. The van der Waals surface area contributed by atoms with Crippen LogP contribution in [0.5, 0.6) is 0 Å². The van der Waals surface area contributed by atoms with Crippen molar-refractivity contribution in [2.75, 3.05) is 19.6 Å². The Morgan fingerprint density at radius 2 is 1.48 bits per heavy atom. The summed E-state index contributed by atoms with van der Waals surface area (Å²) >= 11 is 0. The molecule has 0 amide bonds. The van der Waals surface area contributed by atoms with E-state index in [9.17, 15) is 13.2 Å². The van der Waals surface area contributed by atoms with Gasteiger partial charge in [0.25, 0.3) is 5.97 Å². The molecule has 2 fully saturated rings. The molecule has 3 rings (SSSR count). The SMILES string of the molecule is C1CCC(CN2CCCCC2)CC1.CC(=O)O.FC(F)(F)c1ccccc1. The third kappa shape index (κ3) is 11.7. The number of carboxylic acids is 1. The second kappa shape index (κ2) is 12.8. The van der Waals surface area contributed by atoms with Crippen LogP contribution in [0.1, 0.15) is 63.9 Å². The smallest absolute Gasteiger partial charge is 0.416 e. The molecule has 3 nitrogen and oxygen atoms in total. The lowest BCUT2D eigenvalue weighted by Crippen LogP contribution is -2.34. The molecular weight excluding hydrogens is 355 g/mol. The molecule has 1 saturated heterocycles. The molecule has 154 valence electrons. The molecule has 0 spiro atoms. The first kappa shape index (κ1) is 23.5. The largest absolute Gasteiger partial charge is 0.481 e. The molecule has 0 unspecified atom stereocenters. The van der Waals surface area contributed by atoms with E-state index in [0.29, 0.717) is 0 Å². The molecule has 1 aliphatic carbocycles. The number of piperidine rings is 1. The van der Waals surface area contributed by atoms with Crippen molar-refractivity contribution < 1.29 is 23.1 Å². The third-order valence-corrected chi connectivity index (χ3v) is 4.79. The number of halogens is 3. The normalized spacial score (nSPS) is 18.5. The minimum Gasteiger partial charge on any atom is -0.481 e. The van der Waals surface area contributed by atoms with Crippen molar-refractivity contribution in [2.45, 2.75) is 64.5 Å². The van der Waals surface area contributed by atoms with Gasteiger partial charge in [0.15, 0.2) is 0 Å². The molecule has 0 aromatic heterocycles. The fraction of sp³-hybridized carbons (Fsp3) is 0.667. The average molecular weight is 387 g/mol. The number of carboxylic acid groups (broad SMARTS) is 1. The van der Waals surface area contributed by atoms with Crippen LogP contribution in [-0.2, 0) is 11.0 Å². The summed E-state index contributed by atoms with van der Waals surface area (Å²) < 4.78 is 35.4. The first-order valence-corrected chi connectivity index (χ1v) is 9.83. The van der Waals surface area contributed by atoms with E-state index in [0.717, 1.165) is 25.0 Å². The monoisotopic (exact) mass is 387 g/mol. The number of aliphatic carboxylic acids is 1. The predicted octanol–water partition coefficient (Wildman–Crippen LogP) is 5.85. The lowest BCUT2D eigenvalue weighted by atomic mass is 9.88. The summed E-state index contributed by atoms with van der Waals surface area (Å²) in [6.07, 6.45) is 7.68. The molecule has 1 aromatic rings. The number of benzene rings is 1. The van der Waals surface area contributed by atoms with E-state index < -0.39 is 17.7 Å². The van der Waals surface area contributed by atoms with Gasteiger partial charge in [0, 0.05) is 13.5 Å². The van der Waals surface area contributed by atoms with Gasteiger partial charge in [-0.2, -0.15) is 13.2 Å². The number of hydrogen-bond acceptors (Lipinski definition) is 2. The highest BCUT2D eigenvalue weighted by atomic mass is 19.4. The van der Waals surface area contributed by atoms with Crippen LogP contribution in [0.2, 0.25) is 0 Å². The fourth-order valence-electron chi connectivity index (χ4n) is 3.50. The molecule has 1 saturated carbocycles. The van der Waals surface area contributed by atoms with Crippen molar-refractivity contribution >= 4 is 5.97 Å². The summed E-state index contributed by atoms with van der Waals surface area (Å²) in [5.41, 5.74) is -0.602. The van der Waals surface area contributed by atoms with Crippen LogP contribution in [0, 0.1) is 5.92 Å². The predicted molar refractivity (Wildman–Crippen MR) is 102 cm³/mol. The van der Waals surface area contributed by atoms with Crippen LogP contribution in [0.25, 0.3) is 0 Å². The Hall–Kier alpha value is -1.56. The lowest BCUT2D eigenvalue weighted by Gasteiger charge is -2.32. The standard InChI is InChI=1S/C12H23N.C7H5F3.C2H4O2/c1-3-7-12(8-4-1)11-13-9-5-2-6-10-13;8-7(9,10)6-4-2-1-3-5-6;1-2(3)4/h12H,1-11H2;1-5H;1H3,(H,3,4). The van der Waals surface area contributed by atoms with E-state index in [-0.39, 0.29) is 0 Å². The first-order valence-electron chi connectivity index (χ1n) is 9.83. The van der Waals surface area contributed by atoms with Crippen LogP contribution in [0.4, 0.5) is 13.2 Å². The van der Waals surface area contributed by atoms with E-state index in [1.165, 1.54) is 83.1 Å². The van der Waals surface area contributed by atoms with Crippen LogP contribution in [0.3, 0.4) is 0 Å². The van der Waals surface area contributed by atoms with Gasteiger partial charge in [-0.3, -0.25) is 4.79 Å². The minimum absolute atomic E-state index is 0.602. The number of rotatable bonds is 2. The maximum Gasteiger partial charge on any atom is 0.416 e. The van der Waals surface area contributed by atoms with Crippen molar-refractivity contribution in [1.82, 2.24) is 4.90 Å². The summed E-state index contributed by atoms with van der Waals surface area (Å²) in [5.74, 6) is 0.215. The molecule has 6 heteroatoms. The number of alkyl halides is 3. The number of hydrogen-bond donors (Lipinski definition) is 1. The van der Waals surface area contributed by atoms with Crippen LogP contribution < -0.4 is 0 Å². The van der Waals surface area contributed by atoms with Gasteiger partial charge in [-0.05, 0) is 44.7 Å². The molecule has 0 atom stereocenters. The molecule has 1 heterocycles. The zero-order valence-electron chi connectivity index (χ0n) is 16.2. The second-order valence-corrected chi connectivity index (χ2v) is 7.25. The Balaban J connectivity index is 0.000000232. The maximum absolute atomic E-state index is 11.8. The highest BCUT2D eigenvalue weighted by Crippen LogP contribution is 2.28. The molecule has 2 aliphatic rings. The van der Waals surface area contributed by atoms with E-state index in [1.807, 2.05) is 0 Å². The summed E-state index contributed by atoms with van der Waals surface area (Å²) in [6, 6.07) is 6.36. The average Bonchev–Trinajstić information content (AvgIpc) is 2.64. The Morgan fingerprint density at radius 1 is 1.00 bits per heavy atom. The Kier molecular flexibility index (Phi) is 11.1. The van der Waals surface area contributed by atoms with Crippen LogP contribution in [-0.4, -0.2) is 35.6 Å². The summed E-state index contributed by atoms with van der Waals surface area (Å²) in [7, 11) is 0. The van der Waals surface area contributed by atoms with Crippen molar-refractivity contribution in [1.29, 1.82) is 0 Å². The van der Waals surface area contributed by atoms with Gasteiger partial charge in [0.2, 0.25) is 0 Å². The number of carbonyl (C=O) groups is 1. The van der Waals surface area contributed by atoms with Crippen LogP contribution in [0.15, 0.2) is 30.3 Å². The van der Waals surface area contributed by atoms with Gasteiger partial charge in [-0.15, -0.1) is 0 Å². The van der Waals surface area contributed by atoms with Crippen molar-refractivity contribution in [3.63, 3.8) is 0 Å². The molecule has 1 N–H and O–H groups in total. The van der Waals surface area contributed by atoms with E-state index in [4.69, 9.17) is 9.90 Å². The molecule has 1 aliphatic heterocycles. The van der Waals surface area contributed by atoms with Gasteiger partial charge in [0.1, 0.15) is 0 Å². The maximum atomic E-state index is 11.8. The Morgan fingerprint density at radius 3 is 1.93 bits per heavy atom. The topological polar surface area (TPSA) is 40.5 Å². The molecular formula is C21H32F3NO2.